The molecule has 0 bridgehead atoms. The van der Waals surface area contributed by atoms with E-state index in [1.54, 1.807) is 6.07 Å². The molecular weight excluding hydrogens is 300 g/mol. The molecule has 0 spiro atoms. The summed E-state index contributed by atoms with van der Waals surface area (Å²) in [7, 11) is 0. The van der Waals surface area contributed by atoms with Crippen LogP contribution in [0.4, 0.5) is 8.78 Å². The van der Waals surface area contributed by atoms with E-state index in [0.29, 0.717) is 0 Å². The Morgan fingerprint density at radius 3 is 2.65 bits per heavy atom. The molecule has 2 aromatic rings. The summed E-state index contributed by atoms with van der Waals surface area (Å²) >= 11 is 0. The minimum Gasteiger partial charge on any atom is -0.325 e. The topological polar surface area (TPSA) is 38.1 Å². The number of benzene rings is 1. The van der Waals surface area contributed by atoms with E-state index in [0.717, 1.165) is 30.0 Å². The highest BCUT2D eigenvalue weighted by molar-refractivity contribution is 5.93. The molecule has 23 heavy (non-hydrogen) atoms. The van der Waals surface area contributed by atoms with E-state index in [2.05, 4.69) is 17.2 Å². The number of carbonyl (C=O) groups excluding carboxylic acids is 1. The molecule has 4 rings (SSSR count). The third-order valence-corrected chi connectivity index (χ3v) is 4.58. The van der Waals surface area contributed by atoms with E-state index in [1.807, 2.05) is 22.9 Å². The van der Waals surface area contributed by atoms with Crippen molar-refractivity contribution in [2.75, 3.05) is 13.1 Å². The molecule has 1 fully saturated rings. The summed E-state index contributed by atoms with van der Waals surface area (Å²) in [5.41, 5.74) is 2.47. The SMILES string of the molecule is O=C(c1cc2n(n1)CCCC2c1ccccc1)N1CC(F)(F)C1. The lowest BCUT2D eigenvalue weighted by atomic mass is 9.89. The van der Waals surface area contributed by atoms with Crippen LogP contribution in [0.3, 0.4) is 0 Å². The van der Waals surface area contributed by atoms with Gasteiger partial charge in [0.2, 0.25) is 0 Å². The number of hydrogen-bond acceptors (Lipinski definition) is 2. The molecule has 1 saturated heterocycles. The molecular formula is C17H17F2N3O. The number of halogens is 2. The van der Waals surface area contributed by atoms with Crippen molar-refractivity contribution >= 4 is 5.91 Å². The molecule has 1 aromatic carbocycles. The Hall–Kier alpha value is -2.24. The zero-order valence-corrected chi connectivity index (χ0v) is 12.6. The second-order valence-electron chi connectivity index (χ2n) is 6.30. The Labute approximate surface area is 132 Å². The van der Waals surface area contributed by atoms with E-state index in [4.69, 9.17) is 0 Å². The van der Waals surface area contributed by atoms with Crippen LogP contribution in [-0.4, -0.2) is 39.6 Å². The van der Waals surface area contributed by atoms with Gasteiger partial charge < -0.3 is 4.90 Å². The Morgan fingerprint density at radius 2 is 1.96 bits per heavy atom. The lowest BCUT2D eigenvalue weighted by Gasteiger charge is -2.38. The van der Waals surface area contributed by atoms with Gasteiger partial charge in [0.25, 0.3) is 11.8 Å². The van der Waals surface area contributed by atoms with Crippen molar-refractivity contribution in [2.45, 2.75) is 31.2 Å². The predicted octanol–water partition coefficient (Wildman–Crippen LogP) is 2.90. The van der Waals surface area contributed by atoms with Crippen LogP contribution in [-0.2, 0) is 6.54 Å². The Bertz CT molecular complexity index is 734. The largest absolute Gasteiger partial charge is 0.325 e. The first-order valence-corrected chi connectivity index (χ1v) is 7.83. The Balaban J connectivity index is 1.61. The van der Waals surface area contributed by atoms with Crippen LogP contribution >= 0.6 is 0 Å². The van der Waals surface area contributed by atoms with Gasteiger partial charge in [0, 0.05) is 18.2 Å². The van der Waals surface area contributed by atoms with Gasteiger partial charge in [-0.25, -0.2) is 8.78 Å². The molecule has 1 amide bonds. The maximum absolute atomic E-state index is 13.0. The van der Waals surface area contributed by atoms with Crippen LogP contribution < -0.4 is 0 Å². The van der Waals surface area contributed by atoms with Crippen LogP contribution in [0.1, 0.15) is 40.5 Å². The van der Waals surface area contributed by atoms with Gasteiger partial charge in [-0.1, -0.05) is 30.3 Å². The third-order valence-electron chi connectivity index (χ3n) is 4.58. The Kier molecular flexibility index (Phi) is 3.21. The highest BCUT2D eigenvalue weighted by Gasteiger charge is 2.47. The lowest BCUT2D eigenvalue weighted by Crippen LogP contribution is -2.58. The average Bonchev–Trinajstić information content (AvgIpc) is 2.96. The fraction of sp³-hybridized carbons (Fsp3) is 0.412. The number of aromatic nitrogens is 2. The van der Waals surface area contributed by atoms with Gasteiger partial charge in [-0.05, 0) is 24.5 Å². The zero-order valence-electron chi connectivity index (χ0n) is 12.6. The number of fused-ring (bicyclic) bond motifs is 1. The molecule has 1 atom stereocenters. The summed E-state index contributed by atoms with van der Waals surface area (Å²) < 4.78 is 27.8. The summed E-state index contributed by atoms with van der Waals surface area (Å²) in [6.07, 6.45) is 1.99. The van der Waals surface area contributed by atoms with Crippen molar-refractivity contribution in [3.63, 3.8) is 0 Å². The standard InChI is InChI=1S/C17H17F2N3O/c18-17(19)10-21(11-17)16(23)14-9-15-13(7-4-8-22(15)20-14)12-5-2-1-3-6-12/h1-3,5-6,9,13H,4,7-8,10-11H2. The van der Waals surface area contributed by atoms with Crippen LogP contribution in [0.5, 0.6) is 0 Å². The van der Waals surface area contributed by atoms with Crippen LogP contribution in [0, 0.1) is 0 Å². The molecule has 2 aliphatic rings. The van der Waals surface area contributed by atoms with E-state index in [-0.39, 0.29) is 11.6 Å². The van der Waals surface area contributed by atoms with E-state index >= 15 is 0 Å². The average molecular weight is 317 g/mol. The number of hydrogen-bond donors (Lipinski definition) is 0. The minimum absolute atomic E-state index is 0.205. The van der Waals surface area contributed by atoms with E-state index in [1.165, 1.54) is 5.56 Å². The molecule has 0 radical (unpaired) electrons. The molecule has 2 aliphatic heterocycles. The van der Waals surface area contributed by atoms with Crippen molar-refractivity contribution in [3.8, 4) is 0 Å². The van der Waals surface area contributed by atoms with Gasteiger partial charge in [-0.15, -0.1) is 0 Å². The molecule has 1 aromatic heterocycles. The number of amides is 1. The van der Waals surface area contributed by atoms with E-state index < -0.39 is 24.9 Å². The lowest BCUT2D eigenvalue weighted by molar-refractivity contribution is -0.113. The molecule has 120 valence electrons. The molecule has 3 heterocycles. The van der Waals surface area contributed by atoms with Gasteiger partial charge in [-0.3, -0.25) is 9.48 Å². The third kappa shape index (κ3) is 2.52. The van der Waals surface area contributed by atoms with Gasteiger partial charge in [0.15, 0.2) is 5.69 Å². The van der Waals surface area contributed by atoms with Crippen molar-refractivity contribution < 1.29 is 13.6 Å². The second-order valence-corrected chi connectivity index (χ2v) is 6.30. The molecule has 1 unspecified atom stereocenters. The number of alkyl halides is 2. The van der Waals surface area contributed by atoms with Gasteiger partial charge in [0.1, 0.15) is 0 Å². The summed E-state index contributed by atoms with van der Waals surface area (Å²) in [4.78, 5) is 13.5. The molecule has 0 aliphatic carbocycles. The number of likely N-dealkylation sites (tertiary alicyclic amines) is 1. The molecule has 0 N–H and O–H groups in total. The first-order valence-electron chi connectivity index (χ1n) is 7.83. The molecule has 6 heteroatoms. The summed E-state index contributed by atoms with van der Waals surface area (Å²) in [5.74, 6) is -2.94. The maximum atomic E-state index is 13.0. The highest BCUT2D eigenvalue weighted by atomic mass is 19.3. The number of aryl methyl sites for hydroxylation is 1. The monoisotopic (exact) mass is 317 g/mol. The van der Waals surface area contributed by atoms with Crippen LogP contribution in [0.15, 0.2) is 36.4 Å². The number of rotatable bonds is 2. The van der Waals surface area contributed by atoms with Gasteiger partial charge in [-0.2, -0.15) is 5.10 Å². The summed E-state index contributed by atoms with van der Waals surface area (Å²) in [5, 5.41) is 4.36. The normalized spacial score (nSPS) is 22.3. The van der Waals surface area contributed by atoms with Crippen molar-refractivity contribution in [1.82, 2.24) is 14.7 Å². The zero-order chi connectivity index (χ0) is 16.0. The van der Waals surface area contributed by atoms with E-state index in [9.17, 15) is 13.6 Å². The smallest absolute Gasteiger partial charge is 0.282 e. The highest BCUT2D eigenvalue weighted by Crippen LogP contribution is 2.34. The predicted molar refractivity (Wildman–Crippen MR) is 80.6 cm³/mol. The first kappa shape index (κ1) is 14.4. The van der Waals surface area contributed by atoms with Gasteiger partial charge in [0.05, 0.1) is 13.1 Å². The van der Waals surface area contributed by atoms with Crippen molar-refractivity contribution in [1.29, 1.82) is 0 Å². The fourth-order valence-electron chi connectivity index (χ4n) is 3.43. The number of nitrogens with zero attached hydrogens (tertiary/aromatic N) is 3. The molecule has 0 saturated carbocycles. The van der Waals surface area contributed by atoms with Crippen molar-refractivity contribution in [2.24, 2.45) is 0 Å². The van der Waals surface area contributed by atoms with Gasteiger partial charge >= 0.3 is 0 Å². The van der Waals surface area contributed by atoms with Crippen LogP contribution in [0.2, 0.25) is 0 Å². The number of carbonyl (C=O) groups is 1. The maximum Gasteiger partial charge on any atom is 0.282 e. The minimum atomic E-state index is -2.75. The Morgan fingerprint density at radius 1 is 1.22 bits per heavy atom. The summed E-state index contributed by atoms with van der Waals surface area (Å²) in [6, 6.07) is 11.9. The summed E-state index contributed by atoms with van der Waals surface area (Å²) in [6.45, 7) is -0.242. The first-order chi connectivity index (χ1) is 11.0. The molecule has 4 nitrogen and oxygen atoms in total. The van der Waals surface area contributed by atoms with Crippen molar-refractivity contribution in [3.05, 3.63) is 53.3 Å². The second kappa shape index (κ2) is 5.15. The quantitative estimate of drug-likeness (QED) is 0.854. The van der Waals surface area contributed by atoms with Crippen LogP contribution in [0.25, 0.3) is 0 Å². The fourth-order valence-corrected chi connectivity index (χ4v) is 3.43.